The predicted octanol–water partition coefficient (Wildman–Crippen LogP) is 6.02. The summed E-state index contributed by atoms with van der Waals surface area (Å²) in [6.45, 7) is 8.54. The molecule has 4 aliphatic carbocycles. The number of Topliss-reactive ketones (excluding diaryl/α,β-unsaturated/α-hetero) is 1. The molecule has 0 radical (unpaired) electrons. The lowest BCUT2D eigenvalue weighted by Crippen LogP contribution is -2.70. The van der Waals surface area contributed by atoms with Crippen molar-refractivity contribution in [1.29, 1.82) is 0 Å². The number of aliphatic hydroxyl groups excluding tert-OH is 1. The van der Waals surface area contributed by atoms with Crippen LogP contribution in [0.3, 0.4) is 0 Å². The zero-order chi connectivity index (χ0) is 35.8. The molecule has 266 valence electrons. The number of aryl methyl sites for hydroxylation is 1. The molecule has 10 heteroatoms. The van der Waals surface area contributed by atoms with Gasteiger partial charge in [0.2, 0.25) is 5.78 Å². The summed E-state index contributed by atoms with van der Waals surface area (Å²) in [6, 6.07) is 7.50. The van der Waals surface area contributed by atoms with Gasteiger partial charge in [-0.3, -0.25) is 24.0 Å². The molecule has 0 aliphatic heterocycles. The van der Waals surface area contributed by atoms with E-state index < -0.39 is 76.3 Å². The number of halogens is 1. The smallest absolute Gasteiger partial charge is 0.306 e. The highest BCUT2D eigenvalue weighted by atomic mass is 19.1. The Kier molecular flexibility index (Phi) is 10.4. The van der Waals surface area contributed by atoms with Gasteiger partial charge in [0.05, 0.1) is 18.9 Å². The first-order valence-electron chi connectivity index (χ1n) is 17.6. The molecule has 0 spiro atoms. The van der Waals surface area contributed by atoms with E-state index >= 15 is 4.39 Å². The van der Waals surface area contributed by atoms with Crippen LogP contribution in [-0.4, -0.2) is 58.6 Å². The summed E-state index contributed by atoms with van der Waals surface area (Å²) < 4.78 is 34.5. The van der Waals surface area contributed by atoms with Crippen LogP contribution in [0.4, 0.5) is 4.39 Å². The van der Waals surface area contributed by atoms with E-state index in [9.17, 15) is 29.1 Å². The van der Waals surface area contributed by atoms with Crippen molar-refractivity contribution in [3.8, 4) is 0 Å². The number of carbonyl (C=O) groups is 5. The van der Waals surface area contributed by atoms with Gasteiger partial charge in [-0.15, -0.1) is 0 Å². The third kappa shape index (κ3) is 6.30. The van der Waals surface area contributed by atoms with E-state index in [-0.39, 0.29) is 38.1 Å². The molecule has 3 fully saturated rings. The maximum atomic E-state index is 17.7. The second-order valence-electron chi connectivity index (χ2n) is 14.9. The van der Waals surface area contributed by atoms with Gasteiger partial charge in [0.15, 0.2) is 23.7 Å². The Labute approximate surface area is 287 Å². The summed E-state index contributed by atoms with van der Waals surface area (Å²) >= 11 is 0. The fourth-order valence-corrected chi connectivity index (χ4v) is 9.40. The summed E-state index contributed by atoms with van der Waals surface area (Å²) in [6.07, 6.45) is 4.64. The van der Waals surface area contributed by atoms with Crippen molar-refractivity contribution in [2.24, 2.45) is 28.6 Å². The topological polar surface area (TPSA) is 133 Å². The largest absolute Gasteiger partial charge is 0.461 e. The number of unbranched alkanes of at least 4 members (excludes halogenated alkanes) is 1. The molecular weight excluding hydrogens is 631 g/mol. The molecule has 1 aromatic carbocycles. The van der Waals surface area contributed by atoms with Crippen molar-refractivity contribution >= 4 is 29.5 Å². The van der Waals surface area contributed by atoms with Crippen LogP contribution in [0.1, 0.15) is 96.6 Å². The Morgan fingerprint density at radius 2 is 1.65 bits per heavy atom. The number of allylic oxidation sites excluding steroid dienone is 4. The Hall–Kier alpha value is -3.66. The first-order valence-corrected chi connectivity index (χ1v) is 17.6. The molecule has 1 unspecified atom stereocenters. The third-order valence-corrected chi connectivity index (χ3v) is 12.0. The van der Waals surface area contributed by atoms with E-state index in [0.29, 0.717) is 31.3 Å². The van der Waals surface area contributed by atoms with Gasteiger partial charge in [0, 0.05) is 29.1 Å². The number of aliphatic hydroxyl groups is 1. The van der Waals surface area contributed by atoms with Gasteiger partial charge in [-0.2, -0.15) is 0 Å². The summed E-state index contributed by atoms with van der Waals surface area (Å²) in [5.41, 5.74) is -3.76. The molecule has 8 atom stereocenters. The fourth-order valence-electron chi connectivity index (χ4n) is 9.40. The van der Waals surface area contributed by atoms with Crippen molar-refractivity contribution in [3.63, 3.8) is 0 Å². The number of alkyl halides is 1. The van der Waals surface area contributed by atoms with Gasteiger partial charge < -0.3 is 19.3 Å². The maximum Gasteiger partial charge on any atom is 0.306 e. The normalized spacial score (nSPS) is 34.6. The average Bonchev–Trinajstić information content (AvgIpc) is 3.28. The Bertz CT molecular complexity index is 1550. The third-order valence-electron chi connectivity index (χ3n) is 12.0. The van der Waals surface area contributed by atoms with Gasteiger partial charge in [-0.05, 0) is 69.6 Å². The van der Waals surface area contributed by atoms with E-state index in [4.69, 9.17) is 14.2 Å². The molecule has 1 N–H and O–H groups in total. The summed E-state index contributed by atoms with van der Waals surface area (Å²) in [7, 11) is 0. The summed E-state index contributed by atoms with van der Waals surface area (Å²) in [5, 5.41) is 11.8. The van der Waals surface area contributed by atoms with Crippen molar-refractivity contribution in [3.05, 3.63) is 59.2 Å². The predicted molar refractivity (Wildman–Crippen MR) is 177 cm³/mol. The second-order valence-corrected chi connectivity index (χ2v) is 14.9. The zero-order valence-corrected chi connectivity index (χ0v) is 29.2. The van der Waals surface area contributed by atoms with E-state index in [2.05, 4.69) is 0 Å². The molecule has 0 heterocycles. The SMILES string of the molecule is CCCCC(=O)O[C@]1(C(=O)COC(=O)CCC(=O)OCc2ccc(C)cc2)[C@@H](C)C[C@H]2C3CCC4=CC(=O)C=C[C@]4(C)[C@@]3(F)[C@@H](O)C[C@@]21C. The molecule has 0 amide bonds. The Balaban J connectivity index is 1.34. The van der Waals surface area contributed by atoms with Gasteiger partial charge in [0.1, 0.15) is 6.61 Å². The van der Waals surface area contributed by atoms with Crippen LogP contribution in [-0.2, 0) is 44.8 Å². The fraction of sp³-hybridized carbons (Fsp3) is 0.615. The lowest BCUT2D eigenvalue weighted by Gasteiger charge is -2.62. The van der Waals surface area contributed by atoms with E-state index in [1.165, 1.54) is 12.2 Å². The lowest BCUT2D eigenvalue weighted by molar-refractivity contribution is -0.228. The van der Waals surface area contributed by atoms with Crippen molar-refractivity contribution in [1.82, 2.24) is 0 Å². The van der Waals surface area contributed by atoms with Gasteiger partial charge in [-0.25, -0.2) is 4.39 Å². The van der Waals surface area contributed by atoms with Crippen LogP contribution in [0, 0.1) is 35.5 Å². The molecule has 9 nitrogen and oxygen atoms in total. The molecule has 0 aromatic heterocycles. The average molecular weight is 681 g/mol. The molecule has 0 saturated heterocycles. The van der Waals surface area contributed by atoms with Gasteiger partial charge in [-0.1, -0.05) is 68.7 Å². The Morgan fingerprint density at radius 1 is 0.980 bits per heavy atom. The van der Waals surface area contributed by atoms with Crippen molar-refractivity contribution < 1.29 is 47.7 Å². The molecule has 0 bridgehead atoms. The minimum absolute atomic E-state index is 0.0639. The molecule has 3 saturated carbocycles. The van der Waals surface area contributed by atoms with Gasteiger partial charge >= 0.3 is 17.9 Å². The van der Waals surface area contributed by atoms with Crippen molar-refractivity contribution in [2.75, 3.05) is 6.61 Å². The minimum Gasteiger partial charge on any atom is -0.461 e. The monoisotopic (exact) mass is 680 g/mol. The quantitative estimate of drug-likeness (QED) is 0.208. The zero-order valence-electron chi connectivity index (χ0n) is 29.2. The number of esters is 3. The number of rotatable bonds is 12. The number of ketones is 2. The molecule has 5 rings (SSSR count). The number of ether oxygens (including phenoxy) is 3. The number of benzene rings is 1. The highest BCUT2D eigenvalue weighted by Crippen LogP contribution is 2.71. The highest BCUT2D eigenvalue weighted by Gasteiger charge is 2.77. The van der Waals surface area contributed by atoms with E-state index in [1.54, 1.807) is 26.8 Å². The van der Waals surface area contributed by atoms with Crippen LogP contribution in [0.25, 0.3) is 0 Å². The number of carbonyl (C=O) groups excluding carboxylic acids is 5. The highest BCUT2D eigenvalue weighted by molar-refractivity contribution is 6.01. The standard InChI is InChI=1S/C39H49FO9/c1-6-7-8-35(46)49-39(32(43)23-48-34(45)16-15-33(44)47-22-26-11-9-24(2)10-12-26)25(3)19-30-29-14-13-27-20-28(41)17-18-36(27,4)38(29,40)31(42)21-37(30,39)5/h9-12,17-18,20,25,29-31,42H,6-8,13-16,19,21-23H2,1-5H3/t25-,29?,30-,31-,36-,37-,38-,39-/m0/s1. The van der Waals surface area contributed by atoms with Gasteiger partial charge in [0.25, 0.3) is 0 Å². The summed E-state index contributed by atoms with van der Waals surface area (Å²) in [5.74, 6) is -4.52. The molecule has 49 heavy (non-hydrogen) atoms. The minimum atomic E-state index is -2.12. The van der Waals surface area contributed by atoms with E-state index in [1.807, 2.05) is 38.1 Å². The van der Waals surface area contributed by atoms with Crippen LogP contribution >= 0.6 is 0 Å². The molecule has 1 aromatic rings. The van der Waals surface area contributed by atoms with Crippen LogP contribution in [0.15, 0.2) is 48.1 Å². The van der Waals surface area contributed by atoms with Crippen LogP contribution < -0.4 is 0 Å². The maximum absolute atomic E-state index is 17.7. The molecule has 4 aliphatic rings. The first-order chi connectivity index (χ1) is 23.1. The van der Waals surface area contributed by atoms with Crippen molar-refractivity contribution in [2.45, 2.75) is 116 Å². The molecular formula is C39H49FO9. The van der Waals surface area contributed by atoms with Crippen LogP contribution in [0.2, 0.25) is 0 Å². The number of hydrogen-bond donors (Lipinski definition) is 1. The number of hydrogen-bond acceptors (Lipinski definition) is 9. The Morgan fingerprint density at radius 3 is 2.33 bits per heavy atom. The summed E-state index contributed by atoms with van der Waals surface area (Å²) in [4.78, 5) is 64.9. The van der Waals surface area contributed by atoms with Crippen LogP contribution in [0.5, 0.6) is 0 Å². The van der Waals surface area contributed by atoms with E-state index in [0.717, 1.165) is 17.5 Å². The lowest BCUT2D eigenvalue weighted by atomic mass is 9.44. The number of fused-ring (bicyclic) bond motifs is 5. The first kappa shape index (κ1) is 36.6. The second kappa shape index (κ2) is 13.9.